The highest BCUT2D eigenvalue weighted by Crippen LogP contribution is 2.43. The maximum absolute atomic E-state index is 14.1. The average molecular weight is 395 g/mol. The molecule has 2 aromatic carbocycles. The Kier molecular flexibility index (Phi) is 4.61. The van der Waals surface area contributed by atoms with Gasteiger partial charge < -0.3 is 10.0 Å². The van der Waals surface area contributed by atoms with E-state index in [-0.39, 0.29) is 18.7 Å². The van der Waals surface area contributed by atoms with Crippen LogP contribution >= 0.6 is 11.3 Å². The number of amides is 1. The van der Waals surface area contributed by atoms with Crippen molar-refractivity contribution in [2.45, 2.75) is 25.5 Å². The highest BCUT2D eigenvalue weighted by molar-refractivity contribution is 7.14. The Balaban J connectivity index is 1.70. The van der Waals surface area contributed by atoms with Gasteiger partial charge >= 0.3 is 0 Å². The van der Waals surface area contributed by atoms with Crippen molar-refractivity contribution in [2.24, 2.45) is 0 Å². The summed E-state index contributed by atoms with van der Waals surface area (Å²) in [6.07, 6.45) is -0.351. The summed E-state index contributed by atoms with van der Waals surface area (Å²) in [7, 11) is 0. The molecule has 1 aromatic heterocycles. The lowest BCUT2D eigenvalue weighted by atomic mass is 9.89. The van der Waals surface area contributed by atoms with Gasteiger partial charge in [0.05, 0.1) is 23.5 Å². The number of hydrogen-bond acceptors (Lipinski definition) is 4. The van der Waals surface area contributed by atoms with Crippen LogP contribution < -0.4 is 4.90 Å². The Morgan fingerprint density at radius 1 is 1.11 bits per heavy atom. The topological polar surface area (TPSA) is 57.6 Å². The van der Waals surface area contributed by atoms with Gasteiger partial charge in [-0.15, -0.1) is 11.3 Å². The molecule has 1 atom stereocenters. The average Bonchev–Trinajstić information content (AvgIpc) is 3.20. The summed E-state index contributed by atoms with van der Waals surface area (Å²) in [6.45, 7) is 1.87. The Morgan fingerprint density at radius 2 is 1.82 bits per heavy atom. The van der Waals surface area contributed by atoms with Gasteiger partial charge in [0, 0.05) is 16.0 Å². The largest absolute Gasteiger partial charge is 0.375 e. The molecular weight excluding hydrogens is 377 g/mol. The van der Waals surface area contributed by atoms with E-state index < -0.39 is 17.3 Å². The van der Waals surface area contributed by atoms with Crippen molar-refractivity contribution < 1.29 is 19.1 Å². The summed E-state index contributed by atoms with van der Waals surface area (Å²) in [6, 6.07) is 16.5. The molecule has 0 saturated carbocycles. The number of nitrogens with zero attached hydrogens (tertiary/aromatic N) is 1. The normalized spacial score (nSPS) is 18.4. The molecule has 4 rings (SSSR count). The quantitative estimate of drug-likeness (QED) is 0.659. The van der Waals surface area contributed by atoms with E-state index in [1.807, 2.05) is 13.0 Å². The fraction of sp³-hybridized carbons (Fsp3) is 0.182. The van der Waals surface area contributed by atoms with Gasteiger partial charge in [-0.2, -0.15) is 0 Å². The first kappa shape index (κ1) is 18.5. The Morgan fingerprint density at radius 3 is 2.54 bits per heavy atom. The number of carbonyl (C=O) groups is 2. The molecule has 0 radical (unpaired) electrons. The number of rotatable bonds is 5. The number of Topliss-reactive ketones (excluding diaryl/α,β-unsaturated/α-hetero) is 1. The molecule has 4 nitrogen and oxygen atoms in total. The molecule has 1 aliphatic heterocycles. The molecule has 1 N–H and O–H groups in total. The Labute approximate surface area is 165 Å². The second-order valence-corrected chi connectivity index (χ2v) is 8.16. The van der Waals surface area contributed by atoms with E-state index in [1.165, 1.54) is 22.3 Å². The highest BCUT2D eigenvalue weighted by atomic mass is 32.1. The number of fused-ring (bicyclic) bond motifs is 1. The monoisotopic (exact) mass is 395 g/mol. The second kappa shape index (κ2) is 6.96. The number of aryl methyl sites for hydroxylation is 1. The van der Waals surface area contributed by atoms with Crippen LogP contribution in [0.1, 0.15) is 32.1 Å². The second-order valence-electron chi connectivity index (χ2n) is 6.87. The maximum Gasteiger partial charge on any atom is 0.264 e. The standard InChI is InChI=1S/C22H18FNO3S/c1-14-10-11-20(28-14)19(25)12-22(27)16-7-3-5-9-18(16)24(21(22)26)13-15-6-2-4-8-17(15)23/h2-11,27H,12-13H2,1H3/t22-/m1/s1. The van der Waals surface area contributed by atoms with Crippen LogP contribution in [0.4, 0.5) is 10.1 Å². The number of hydrogen-bond donors (Lipinski definition) is 1. The molecule has 3 aromatic rings. The minimum Gasteiger partial charge on any atom is -0.375 e. The number of aliphatic hydroxyl groups is 1. The minimum absolute atomic E-state index is 0.0167. The van der Waals surface area contributed by atoms with Gasteiger partial charge in [-0.1, -0.05) is 36.4 Å². The van der Waals surface area contributed by atoms with Crippen LogP contribution in [0.25, 0.3) is 0 Å². The van der Waals surface area contributed by atoms with Crippen LogP contribution in [0.2, 0.25) is 0 Å². The lowest BCUT2D eigenvalue weighted by Gasteiger charge is -2.22. The van der Waals surface area contributed by atoms with Crippen LogP contribution in [0.3, 0.4) is 0 Å². The Bertz CT molecular complexity index is 1080. The van der Waals surface area contributed by atoms with Crippen molar-refractivity contribution in [3.05, 3.63) is 87.4 Å². The minimum atomic E-state index is -1.96. The van der Waals surface area contributed by atoms with Crippen molar-refractivity contribution in [3.8, 4) is 0 Å². The first-order valence-corrected chi connectivity index (χ1v) is 9.69. The van der Waals surface area contributed by atoms with Gasteiger partial charge in [0.2, 0.25) is 0 Å². The number of thiophene rings is 1. The molecule has 2 heterocycles. The van der Waals surface area contributed by atoms with Gasteiger partial charge in [0.25, 0.3) is 5.91 Å². The van der Waals surface area contributed by atoms with E-state index in [4.69, 9.17) is 0 Å². The molecule has 0 bridgehead atoms. The number of para-hydroxylation sites is 1. The van der Waals surface area contributed by atoms with Crippen LogP contribution in [-0.4, -0.2) is 16.8 Å². The molecule has 0 aliphatic carbocycles. The summed E-state index contributed by atoms with van der Waals surface area (Å²) in [5.41, 5.74) is -0.752. The molecule has 28 heavy (non-hydrogen) atoms. The molecular formula is C22H18FNO3S. The number of carbonyl (C=O) groups excluding carboxylic acids is 2. The molecule has 1 amide bonds. The fourth-order valence-electron chi connectivity index (χ4n) is 3.54. The zero-order valence-electron chi connectivity index (χ0n) is 15.2. The van der Waals surface area contributed by atoms with Crippen LogP contribution in [-0.2, 0) is 16.9 Å². The number of benzene rings is 2. The molecule has 0 spiro atoms. The van der Waals surface area contributed by atoms with Crippen LogP contribution in [0.15, 0.2) is 60.7 Å². The van der Waals surface area contributed by atoms with E-state index in [0.29, 0.717) is 21.7 Å². The first-order valence-electron chi connectivity index (χ1n) is 8.87. The number of anilines is 1. The third-order valence-corrected chi connectivity index (χ3v) is 6.00. The third-order valence-electron chi connectivity index (χ3n) is 4.96. The van der Waals surface area contributed by atoms with Gasteiger partial charge in [0.15, 0.2) is 11.4 Å². The van der Waals surface area contributed by atoms with E-state index in [1.54, 1.807) is 48.5 Å². The van der Waals surface area contributed by atoms with Gasteiger partial charge in [0.1, 0.15) is 5.82 Å². The molecule has 0 fully saturated rings. The lowest BCUT2D eigenvalue weighted by molar-refractivity contribution is -0.136. The fourth-order valence-corrected chi connectivity index (χ4v) is 4.34. The van der Waals surface area contributed by atoms with Crippen LogP contribution in [0, 0.1) is 12.7 Å². The zero-order chi connectivity index (χ0) is 19.9. The van der Waals surface area contributed by atoms with E-state index in [2.05, 4.69) is 0 Å². The SMILES string of the molecule is Cc1ccc(C(=O)C[C@]2(O)C(=O)N(Cc3ccccc3F)c3ccccc32)s1. The predicted octanol–water partition coefficient (Wildman–Crippen LogP) is 4.20. The smallest absolute Gasteiger partial charge is 0.264 e. The molecule has 6 heteroatoms. The van der Waals surface area contributed by atoms with Crippen molar-refractivity contribution in [3.63, 3.8) is 0 Å². The summed E-state index contributed by atoms with van der Waals surface area (Å²) < 4.78 is 14.1. The van der Waals surface area contributed by atoms with E-state index in [0.717, 1.165) is 4.88 Å². The lowest BCUT2D eigenvalue weighted by Crippen LogP contribution is -2.41. The highest BCUT2D eigenvalue weighted by Gasteiger charge is 2.51. The van der Waals surface area contributed by atoms with E-state index in [9.17, 15) is 19.1 Å². The van der Waals surface area contributed by atoms with Crippen molar-refractivity contribution in [2.75, 3.05) is 4.90 Å². The molecule has 0 saturated heterocycles. The summed E-state index contributed by atoms with van der Waals surface area (Å²) in [5.74, 6) is -1.33. The van der Waals surface area contributed by atoms with Gasteiger partial charge in [-0.3, -0.25) is 9.59 Å². The molecule has 0 unspecified atom stereocenters. The van der Waals surface area contributed by atoms with Gasteiger partial charge in [-0.05, 0) is 31.2 Å². The number of ketones is 1. The summed E-state index contributed by atoms with van der Waals surface area (Å²) in [5, 5.41) is 11.3. The van der Waals surface area contributed by atoms with Gasteiger partial charge in [-0.25, -0.2) is 4.39 Å². The van der Waals surface area contributed by atoms with Crippen molar-refractivity contribution in [1.29, 1.82) is 0 Å². The molecule has 142 valence electrons. The number of halogens is 1. The third kappa shape index (κ3) is 3.04. The predicted molar refractivity (Wildman–Crippen MR) is 106 cm³/mol. The first-order chi connectivity index (χ1) is 13.4. The van der Waals surface area contributed by atoms with Crippen molar-refractivity contribution >= 4 is 28.7 Å². The summed E-state index contributed by atoms with van der Waals surface area (Å²) in [4.78, 5) is 28.7. The van der Waals surface area contributed by atoms with E-state index >= 15 is 0 Å². The molecule has 1 aliphatic rings. The van der Waals surface area contributed by atoms with Crippen molar-refractivity contribution in [1.82, 2.24) is 0 Å². The Hall–Kier alpha value is -2.83. The maximum atomic E-state index is 14.1. The zero-order valence-corrected chi connectivity index (χ0v) is 16.0. The summed E-state index contributed by atoms with van der Waals surface area (Å²) >= 11 is 1.33. The van der Waals surface area contributed by atoms with Crippen LogP contribution in [0.5, 0.6) is 0 Å².